The molecule has 1 N–H and O–H groups in total. The Morgan fingerprint density at radius 2 is 1.87 bits per heavy atom. The van der Waals surface area contributed by atoms with Crippen LogP contribution in [-0.2, 0) is 14.4 Å². The van der Waals surface area contributed by atoms with Gasteiger partial charge in [-0.3, -0.25) is 19.3 Å². The third kappa shape index (κ3) is 7.98. The number of nitrogens with zero attached hydrogens (tertiary/aromatic N) is 3. The van der Waals surface area contributed by atoms with E-state index in [1.54, 1.807) is 0 Å². The lowest BCUT2D eigenvalue weighted by Crippen LogP contribution is -2.50. The van der Waals surface area contributed by atoms with Crippen molar-refractivity contribution in [2.75, 3.05) is 52.9 Å². The molecule has 0 spiro atoms. The summed E-state index contributed by atoms with van der Waals surface area (Å²) in [5, 5.41) is 0. The summed E-state index contributed by atoms with van der Waals surface area (Å²) >= 11 is 0. The van der Waals surface area contributed by atoms with Crippen LogP contribution in [0, 0.1) is 12.3 Å². The molecule has 0 saturated carbocycles. The fourth-order valence-electron chi connectivity index (χ4n) is 2.06. The molecule has 130 valence electrons. The summed E-state index contributed by atoms with van der Waals surface area (Å²) in [6, 6.07) is 0. The van der Waals surface area contributed by atoms with Crippen LogP contribution >= 0.6 is 0 Å². The predicted octanol–water partition coefficient (Wildman–Crippen LogP) is -0.458. The maximum atomic E-state index is 12.4. The molecular weight excluding hydrogens is 296 g/mol. The Morgan fingerprint density at radius 1 is 1.26 bits per heavy atom. The number of amides is 2. The lowest BCUT2D eigenvalue weighted by Gasteiger charge is -2.33. The fraction of sp³-hybridized carbons (Fsp3) is 0.750. The first-order chi connectivity index (χ1) is 10.7. The number of hydroxylamine groups is 1. The van der Waals surface area contributed by atoms with Crippen LogP contribution in [0.25, 0.3) is 0 Å². The zero-order chi connectivity index (χ0) is 17.5. The molecule has 1 heterocycles. The second-order valence-electron chi connectivity index (χ2n) is 6.77. The zero-order valence-corrected chi connectivity index (χ0v) is 14.6. The molecular formula is C16H28N4O3. The Labute approximate surface area is 138 Å². The molecule has 0 radical (unpaired) electrons. The van der Waals surface area contributed by atoms with E-state index in [4.69, 9.17) is 11.3 Å². The van der Waals surface area contributed by atoms with Crippen molar-refractivity contribution in [3.63, 3.8) is 0 Å². The maximum Gasteiger partial charge on any atom is 0.263 e. The van der Waals surface area contributed by atoms with Crippen molar-refractivity contribution in [3.8, 4) is 12.3 Å². The predicted molar refractivity (Wildman–Crippen MR) is 88.3 cm³/mol. The van der Waals surface area contributed by atoms with E-state index in [0.717, 1.165) is 26.2 Å². The van der Waals surface area contributed by atoms with Crippen LogP contribution in [0.2, 0.25) is 0 Å². The van der Waals surface area contributed by atoms with Crippen molar-refractivity contribution in [1.82, 2.24) is 20.2 Å². The minimum Gasteiger partial charge on any atom is -0.321 e. The van der Waals surface area contributed by atoms with Crippen molar-refractivity contribution in [2.24, 2.45) is 0 Å². The van der Waals surface area contributed by atoms with E-state index >= 15 is 0 Å². The number of hydrogen-bond donors (Lipinski definition) is 1. The van der Waals surface area contributed by atoms with Gasteiger partial charge < -0.3 is 9.80 Å². The summed E-state index contributed by atoms with van der Waals surface area (Å²) in [7, 11) is 2.06. The average molecular weight is 324 g/mol. The zero-order valence-electron chi connectivity index (χ0n) is 14.6. The van der Waals surface area contributed by atoms with Gasteiger partial charge in [0.15, 0.2) is 0 Å². The first kappa shape index (κ1) is 19.4. The molecule has 1 saturated heterocycles. The number of piperazine rings is 1. The van der Waals surface area contributed by atoms with E-state index in [9.17, 15) is 9.59 Å². The quantitative estimate of drug-likeness (QED) is 0.529. The van der Waals surface area contributed by atoms with Crippen LogP contribution in [0.3, 0.4) is 0 Å². The van der Waals surface area contributed by atoms with Crippen molar-refractivity contribution < 1.29 is 14.4 Å². The topological polar surface area (TPSA) is 65.1 Å². The maximum absolute atomic E-state index is 12.4. The van der Waals surface area contributed by atoms with Gasteiger partial charge in [0.25, 0.3) is 5.91 Å². The van der Waals surface area contributed by atoms with Gasteiger partial charge in [-0.2, -0.15) is 0 Å². The minimum atomic E-state index is -0.490. The van der Waals surface area contributed by atoms with Crippen molar-refractivity contribution >= 4 is 11.8 Å². The minimum absolute atomic E-state index is 0.104. The van der Waals surface area contributed by atoms with Crippen molar-refractivity contribution in [2.45, 2.75) is 26.4 Å². The largest absolute Gasteiger partial charge is 0.321 e. The van der Waals surface area contributed by atoms with Gasteiger partial charge in [0.1, 0.15) is 6.54 Å². The summed E-state index contributed by atoms with van der Waals surface area (Å²) < 4.78 is 0. The third-order valence-corrected chi connectivity index (χ3v) is 3.40. The van der Waals surface area contributed by atoms with Gasteiger partial charge in [-0.05, 0) is 27.8 Å². The van der Waals surface area contributed by atoms with E-state index in [-0.39, 0.29) is 31.4 Å². The van der Waals surface area contributed by atoms with Crippen LogP contribution in [-0.4, -0.2) is 85.0 Å². The lowest BCUT2D eigenvalue weighted by molar-refractivity contribution is -0.150. The second-order valence-corrected chi connectivity index (χ2v) is 6.77. The highest BCUT2D eigenvalue weighted by atomic mass is 16.7. The van der Waals surface area contributed by atoms with Gasteiger partial charge in [0.2, 0.25) is 5.91 Å². The highest BCUT2D eigenvalue weighted by molar-refractivity contribution is 5.85. The first-order valence-electron chi connectivity index (χ1n) is 7.80. The number of likely N-dealkylation sites (N-methyl/N-ethyl adjacent to an activating group) is 1. The standard InChI is InChI=1S/C16H28N4O3/c1-6-7-20(12-14(21)17-23-16(2,3)4)15(22)13-19-10-8-18(5)9-11-19/h1H,7-13H2,2-5H3,(H,17,21). The molecule has 7 heteroatoms. The van der Waals surface area contributed by atoms with Crippen LogP contribution in [0.1, 0.15) is 20.8 Å². The molecule has 0 bridgehead atoms. The number of hydrogen-bond acceptors (Lipinski definition) is 5. The van der Waals surface area contributed by atoms with Gasteiger partial charge >= 0.3 is 0 Å². The Hall–Kier alpha value is -1.62. The van der Waals surface area contributed by atoms with Gasteiger partial charge in [-0.15, -0.1) is 6.42 Å². The molecule has 2 amide bonds. The molecule has 1 aliphatic heterocycles. The summed E-state index contributed by atoms with van der Waals surface area (Å²) in [4.78, 5) is 35.1. The first-order valence-corrected chi connectivity index (χ1v) is 7.80. The van der Waals surface area contributed by atoms with Crippen LogP contribution in [0.5, 0.6) is 0 Å². The molecule has 1 rings (SSSR count). The SMILES string of the molecule is C#CCN(CC(=O)NOC(C)(C)C)C(=O)CN1CCN(C)CC1. The molecule has 0 aromatic rings. The number of carbonyl (C=O) groups is 2. The van der Waals surface area contributed by atoms with E-state index in [1.807, 2.05) is 20.8 Å². The van der Waals surface area contributed by atoms with Gasteiger partial charge in [0, 0.05) is 26.2 Å². The van der Waals surface area contributed by atoms with E-state index in [1.165, 1.54) is 4.90 Å². The van der Waals surface area contributed by atoms with Crippen LogP contribution in [0.15, 0.2) is 0 Å². The summed E-state index contributed by atoms with van der Waals surface area (Å²) in [6.45, 7) is 9.30. The summed E-state index contributed by atoms with van der Waals surface area (Å²) in [5.41, 5.74) is 1.86. The Morgan fingerprint density at radius 3 is 2.39 bits per heavy atom. The number of terminal acetylenes is 1. The highest BCUT2D eigenvalue weighted by Crippen LogP contribution is 2.04. The molecule has 0 unspecified atom stereocenters. The molecule has 0 aromatic heterocycles. The molecule has 0 atom stereocenters. The van der Waals surface area contributed by atoms with E-state index in [0.29, 0.717) is 0 Å². The van der Waals surface area contributed by atoms with Gasteiger partial charge in [0.05, 0.1) is 18.7 Å². The monoisotopic (exact) mass is 324 g/mol. The Balaban J connectivity index is 2.48. The lowest BCUT2D eigenvalue weighted by atomic mass is 10.2. The smallest absolute Gasteiger partial charge is 0.263 e. The molecule has 0 aliphatic carbocycles. The third-order valence-electron chi connectivity index (χ3n) is 3.40. The second kappa shape index (κ2) is 8.87. The number of carbonyl (C=O) groups excluding carboxylic acids is 2. The van der Waals surface area contributed by atoms with Crippen molar-refractivity contribution in [3.05, 3.63) is 0 Å². The normalized spacial score (nSPS) is 16.7. The number of rotatable bonds is 6. The molecule has 1 aliphatic rings. The molecule has 1 fully saturated rings. The number of nitrogens with one attached hydrogen (secondary N) is 1. The Bertz CT molecular complexity index is 445. The summed E-state index contributed by atoms with van der Waals surface area (Å²) in [6.07, 6.45) is 5.31. The van der Waals surface area contributed by atoms with Crippen LogP contribution in [0.4, 0.5) is 0 Å². The van der Waals surface area contributed by atoms with Gasteiger partial charge in [-0.1, -0.05) is 5.92 Å². The van der Waals surface area contributed by atoms with E-state index < -0.39 is 5.60 Å². The molecule has 7 nitrogen and oxygen atoms in total. The fourth-order valence-corrected chi connectivity index (χ4v) is 2.06. The van der Waals surface area contributed by atoms with Gasteiger partial charge in [-0.25, -0.2) is 5.48 Å². The molecule has 23 heavy (non-hydrogen) atoms. The van der Waals surface area contributed by atoms with Crippen LogP contribution < -0.4 is 5.48 Å². The molecule has 0 aromatic carbocycles. The van der Waals surface area contributed by atoms with E-state index in [2.05, 4.69) is 28.2 Å². The summed E-state index contributed by atoms with van der Waals surface area (Å²) in [5.74, 6) is 1.90. The van der Waals surface area contributed by atoms with Crippen molar-refractivity contribution in [1.29, 1.82) is 0 Å². The Kier molecular flexibility index (Phi) is 7.49. The highest BCUT2D eigenvalue weighted by Gasteiger charge is 2.22. The average Bonchev–Trinajstić information content (AvgIpc) is 2.46.